The molecule has 0 aliphatic rings. The van der Waals surface area contributed by atoms with Gasteiger partial charge in [-0.25, -0.2) is 31.4 Å². The third-order valence-corrected chi connectivity index (χ3v) is 16.9. The lowest BCUT2D eigenvalue weighted by molar-refractivity contribution is -0.141. The predicted molar refractivity (Wildman–Crippen MR) is 349 cm³/mol. The van der Waals surface area contributed by atoms with Crippen LogP contribution in [0.3, 0.4) is 0 Å². The van der Waals surface area contributed by atoms with Crippen molar-refractivity contribution in [1.82, 2.24) is 14.0 Å². The lowest BCUT2D eigenvalue weighted by Crippen LogP contribution is -2.37. The number of benzene rings is 8. The lowest BCUT2D eigenvalue weighted by Gasteiger charge is -2.27. The molecule has 1 aromatic heterocycles. The molecule has 0 amide bonds. The molecule has 25 heteroatoms. The molecule has 1 heterocycles. The number of methoxy groups -OCH3 is 4. The van der Waals surface area contributed by atoms with Gasteiger partial charge in [0.25, 0.3) is 5.24 Å². The maximum atomic E-state index is 13.5. The minimum atomic E-state index is -4.28. The Morgan fingerprint density at radius 3 is 1.48 bits per heavy atom. The molecule has 0 aliphatic heterocycles. The number of aromatic hydroxyl groups is 1. The van der Waals surface area contributed by atoms with Crippen LogP contribution in [0.5, 0.6) is 40.2 Å². The van der Waals surface area contributed by atoms with Crippen LogP contribution in [0.1, 0.15) is 66.4 Å². The van der Waals surface area contributed by atoms with Crippen molar-refractivity contribution in [3.8, 4) is 40.2 Å². The highest BCUT2D eigenvalue weighted by atomic mass is 35.5. The van der Waals surface area contributed by atoms with Crippen molar-refractivity contribution in [2.24, 2.45) is 0 Å². The number of esters is 4. The molecular formula is C67H64Cl3N3O17S2. The Labute approximate surface area is 548 Å². The van der Waals surface area contributed by atoms with E-state index in [0.717, 1.165) is 28.3 Å². The van der Waals surface area contributed by atoms with Crippen molar-refractivity contribution in [2.45, 2.75) is 42.4 Å². The second-order valence-corrected chi connectivity index (χ2v) is 23.6. The number of rotatable bonds is 20. The zero-order valence-electron chi connectivity index (χ0n) is 49.6. The molecule has 0 saturated heterocycles. The summed E-state index contributed by atoms with van der Waals surface area (Å²) < 4.78 is 88.6. The largest absolute Gasteiger partial charge is 0.505 e. The number of alkyl halides is 2. The smallest absolute Gasteiger partial charge is 0.360 e. The van der Waals surface area contributed by atoms with Gasteiger partial charge in [-0.3, -0.25) is 14.4 Å². The van der Waals surface area contributed by atoms with Gasteiger partial charge in [0.2, 0.25) is 20.0 Å². The summed E-state index contributed by atoms with van der Waals surface area (Å²) in [4.78, 5) is 62.1. The Hall–Kier alpha value is -9.39. The molecule has 1 atom stereocenters. The van der Waals surface area contributed by atoms with Crippen LogP contribution >= 0.6 is 34.8 Å². The summed E-state index contributed by atoms with van der Waals surface area (Å²) in [7, 11) is -3.00. The summed E-state index contributed by atoms with van der Waals surface area (Å²) in [6.45, 7) is 2.61. The number of fused-ring (bicyclic) bond motifs is 1. The molecule has 1 unspecified atom stereocenters. The summed E-state index contributed by atoms with van der Waals surface area (Å²) in [5.74, 6) is 0.979. The fourth-order valence-electron chi connectivity index (χ4n) is 7.91. The molecule has 0 saturated carbocycles. The van der Waals surface area contributed by atoms with Gasteiger partial charge in [-0.1, -0.05) is 109 Å². The van der Waals surface area contributed by atoms with Crippen molar-refractivity contribution in [2.75, 3.05) is 41.5 Å². The molecule has 0 bridgehead atoms. The van der Waals surface area contributed by atoms with Crippen molar-refractivity contribution < 1.29 is 79.1 Å². The van der Waals surface area contributed by atoms with E-state index >= 15 is 0 Å². The summed E-state index contributed by atoms with van der Waals surface area (Å²) in [5, 5.41) is 10.5. The second kappa shape index (κ2) is 35.3. The fraction of sp³-hybridized carbons (Fsp3) is 0.164. The van der Waals surface area contributed by atoms with E-state index < -0.39 is 61.2 Å². The molecule has 9 rings (SSSR count). The molecule has 482 valence electrons. The van der Waals surface area contributed by atoms with Gasteiger partial charge >= 0.3 is 23.9 Å². The van der Waals surface area contributed by atoms with Crippen LogP contribution in [0, 0.1) is 13.8 Å². The van der Waals surface area contributed by atoms with E-state index in [9.17, 15) is 45.9 Å². The topological polar surface area (TPSA) is 267 Å². The number of hydrogen-bond acceptors (Lipinski definition) is 18. The van der Waals surface area contributed by atoms with Crippen molar-refractivity contribution in [1.29, 1.82) is 0 Å². The highest BCUT2D eigenvalue weighted by molar-refractivity contribution is 7.89. The SMILES string of the molecule is C.COC(=O)CN(C(Cl)c1cc(Oc2ccccc2)ccc1C(=O)Cl)S(=O)(=O)c1ccc(C)cc1.COC(=O)CNS(=O)(=O)c1ccc(C)cc1.COC(=O)c1ccc(Oc2ccccc2)cc1CCl.COC(=O)c1ncc2cc(Oc3ccccc3)ccc2c1O. The Morgan fingerprint density at radius 1 is 0.554 bits per heavy atom. The third-order valence-electron chi connectivity index (χ3n) is 12.6. The van der Waals surface area contributed by atoms with E-state index in [1.165, 1.54) is 70.0 Å². The number of aryl methyl sites for hydroxylation is 2. The molecule has 20 nitrogen and oxygen atoms in total. The number of nitrogens with zero attached hydrogens (tertiary/aromatic N) is 2. The average Bonchev–Trinajstić information content (AvgIpc) is 0.819. The van der Waals surface area contributed by atoms with Crippen LogP contribution in [0.15, 0.2) is 210 Å². The first-order valence-electron chi connectivity index (χ1n) is 26.9. The number of aromatic nitrogens is 1. The molecule has 9 aromatic rings. The highest BCUT2D eigenvalue weighted by Crippen LogP contribution is 2.37. The third kappa shape index (κ3) is 20.8. The zero-order chi connectivity index (χ0) is 66.3. The second-order valence-electron chi connectivity index (χ2n) is 18.9. The number of hydrogen-bond donors (Lipinski definition) is 2. The van der Waals surface area contributed by atoms with Crippen molar-refractivity contribution in [3.63, 3.8) is 0 Å². The molecule has 0 aliphatic carbocycles. The molecule has 0 spiro atoms. The molecule has 0 fully saturated rings. The van der Waals surface area contributed by atoms with Crippen molar-refractivity contribution in [3.05, 3.63) is 239 Å². The van der Waals surface area contributed by atoms with E-state index in [2.05, 4.69) is 23.9 Å². The number of halogens is 3. The highest BCUT2D eigenvalue weighted by Gasteiger charge is 2.36. The number of carbonyl (C=O) groups is 5. The number of pyridine rings is 1. The van der Waals surface area contributed by atoms with Gasteiger partial charge < -0.3 is 38.3 Å². The van der Waals surface area contributed by atoms with Crippen LogP contribution < -0.4 is 18.9 Å². The van der Waals surface area contributed by atoms with E-state index in [-0.39, 0.29) is 52.2 Å². The number of carbonyl (C=O) groups excluding carboxylic acids is 5. The van der Waals surface area contributed by atoms with E-state index in [0.29, 0.717) is 50.6 Å². The van der Waals surface area contributed by atoms with Crippen LogP contribution in [-0.2, 0) is 54.5 Å². The van der Waals surface area contributed by atoms with Gasteiger partial charge in [-0.2, -0.15) is 9.03 Å². The van der Waals surface area contributed by atoms with Crippen LogP contribution in [0.25, 0.3) is 10.8 Å². The zero-order valence-corrected chi connectivity index (χ0v) is 53.5. The van der Waals surface area contributed by atoms with Crippen LogP contribution in [0.2, 0.25) is 0 Å². The van der Waals surface area contributed by atoms with Gasteiger partial charge in [0.05, 0.1) is 43.8 Å². The standard InChI is InChI=1S/C24H21Cl2NO6S.C17H13NO4.C15H13ClO3.C10H13NO4S.CH4/c1-16-8-11-19(12-9-16)34(30,31)27(15-22(28)32-2)23(25)21-14-18(10-13-20(21)24(26)29)33-17-6-4-3-5-7-17;1-21-17(20)15-16(19)14-8-7-13(9-11(14)10-18-15)22-12-5-3-2-4-6-12;1-18-15(17)14-8-7-13(9-11(14)10-16)19-12-5-3-2-4-6-12;1-8-3-5-9(6-4-8)16(13,14)11-7-10(12)15-2;/h3-14,23H,15H2,1-2H3;2-10,19H,1H3;2-9H,10H2,1H3;3-6,11H,7H2,1-2H3;1H4. The molecule has 8 aromatic carbocycles. The predicted octanol–water partition coefficient (Wildman–Crippen LogP) is 13.9. The Morgan fingerprint density at radius 2 is 1.01 bits per heavy atom. The molecule has 2 N–H and O–H groups in total. The molecular weight excluding hydrogens is 1290 g/mol. The quantitative estimate of drug-likeness (QED) is 0.0236. The number of sulfonamides is 2. The van der Waals surface area contributed by atoms with Crippen molar-refractivity contribution >= 4 is 94.7 Å². The van der Waals surface area contributed by atoms with Gasteiger partial charge in [0, 0.05) is 34.0 Å². The number of ether oxygens (including phenoxy) is 7. The van der Waals surface area contributed by atoms with Gasteiger partial charge in [-0.05, 0) is 146 Å². The fourth-order valence-corrected chi connectivity index (χ4v) is 11.2. The first-order valence-corrected chi connectivity index (χ1v) is 31.2. The lowest BCUT2D eigenvalue weighted by atomic mass is 10.1. The monoisotopic (exact) mass is 1350 g/mol. The Bertz CT molecular complexity index is 4190. The maximum absolute atomic E-state index is 13.5. The van der Waals surface area contributed by atoms with Gasteiger partial charge in [0.15, 0.2) is 11.4 Å². The molecule has 0 radical (unpaired) electrons. The van der Waals surface area contributed by atoms with Gasteiger partial charge in [-0.15, -0.1) is 11.6 Å². The first kappa shape index (κ1) is 73.3. The number of nitrogens with one attached hydrogen (secondary N) is 1. The number of para-hydroxylation sites is 3. The maximum Gasteiger partial charge on any atom is 0.360 e. The summed E-state index contributed by atoms with van der Waals surface area (Å²) in [6, 6.07) is 54.5. The van der Waals surface area contributed by atoms with Crippen LogP contribution in [0.4, 0.5) is 0 Å². The molecule has 92 heavy (non-hydrogen) atoms. The Balaban J connectivity index is 0.000000232. The minimum Gasteiger partial charge on any atom is -0.505 e. The van der Waals surface area contributed by atoms with E-state index in [1.807, 2.05) is 80.6 Å². The van der Waals surface area contributed by atoms with E-state index in [1.54, 1.807) is 84.9 Å². The van der Waals surface area contributed by atoms with E-state index in [4.69, 9.17) is 53.8 Å². The van der Waals surface area contributed by atoms with Gasteiger partial charge in [0.1, 0.15) is 53.1 Å². The summed E-state index contributed by atoms with van der Waals surface area (Å²) in [6.07, 6.45) is 1.50. The van der Waals surface area contributed by atoms with Crippen LogP contribution in [-0.4, -0.2) is 102 Å². The minimum absolute atomic E-state index is 0. The Kier molecular flexibility index (Phi) is 28.1. The summed E-state index contributed by atoms with van der Waals surface area (Å²) >= 11 is 18.2. The normalized spacial score (nSPS) is 11.0. The first-order chi connectivity index (χ1) is 43.5. The average molecular weight is 1350 g/mol. The summed E-state index contributed by atoms with van der Waals surface area (Å²) in [5.41, 5.74) is 1.38.